The molecule has 1 amide bonds. The highest BCUT2D eigenvalue weighted by Gasteiger charge is 2.34. The zero-order chi connectivity index (χ0) is 18.6. The topological polar surface area (TPSA) is 72.9 Å². The quantitative estimate of drug-likeness (QED) is 0.572. The van der Waals surface area contributed by atoms with Gasteiger partial charge < -0.3 is 14.4 Å². The number of rotatable bonds is 5. The summed E-state index contributed by atoms with van der Waals surface area (Å²) >= 11 is 0. The van der Waals surface area contributed by atoms with E-state index >= 15 is 0 Å². The lowest BCUT2D eigenvalue weighted by Crippen LogP contribution is -2.48. The first-order chi connectivity index (χ1) is 10.1. The van der Waals surface area contributed by atoms with Crippen LogP contribution in [0.1, 0.15) is 61.8 Å². The van der Waals surface area contributed by atoms with Crippen molar-refractivity contribution in [3.8, 4) is 0 Å². The van der Waals surface area contributed by atoms with Gasteiger partial charge in [-0.2, -0.15) is 0 Å². The number of likely N-dealkylation sites (N-methyl/N-ethyl adjacent to an activating group) is 1. The highest BCUT2D eigenvalue weighted by atomic mass is 16.6. The molecule has 0 heterocycles. The van der Waals surface area contributed by atoms with Gasteiger partial charge in [-0.15, -0.1) is 0 Å². The Balaban J connectivity index is 5.00. The molecule has 0 fully saturated rings. The predicted octanol–water partition coefficient (Wildman–Crippen LogP) is 3.18. The molecule has 0 aromatic heterocycles. The summed E-state index contributed by atoms with van der Waals surface area (Å²) in [5.74, 6) is -1.10. The number of Topliss-reactive ketones (excluding diaryl/α,β-unsaturated/α-hetero) is 1. The summed E-state index contributed by atoms with van der Waals surface area (Å²) in [7, 11) is 1.51. The van der Waals surface area contributed by atoms with E-state index in [2.05, 4.69) is 0 Å². The first kappa shape index (κ1) is 21.4. The lowest BCUT2D eigenvalue weighted by atomic mass is 9.96. The number of esters is 1. The molecule has 6 heteroatoms. The summed E-state index contributed by atoms with van der Waals surface area (Å²) in [5, 5.41) is 0. The maximum absolute atomic E-state index is 12.4. The Bertz CT molecular complexity index is 443. The highest BCUT2D eigenvalue weighted by Crippen LogP contribution is 2.18. The molecule has 0 radical (unpaired) electrons. The van der Waals surface area contributed by atoms with Crippen molar-refractivity contribution >= 4 is 17.8 Å². The Morgan fingerprint density at radius 3 is 1.70 bits per heavy atom. The first-order valence-electron chi connectivity index (χ1n) is 7.84. The fraction of sp³-hybridized carbons (Fsp3) is 0.824. The van der Waals surface area contributed by atoms with Crippen molar-refractivity contribution < 1.29 is 23.9 Å². The van der Waals surface area contributed by atoms with E-state index in [-0.39, 0.29) is 18.1 Å². The maximum atomic E-state index is 12.4. The van der Waals surface area contributed by atoms with Crippen LogP contribution < -0.4 is 0 Å². The van der Waals surface area contributed by atoms with E-state index in [1.807, 2.05) is 13.8 Å². The van der Waals surface area contributed by atoms with Crippen LogP contribution in [0.15, 0.2) is 0 Å². The predicted molar refractivity (Wildman–Crippen MR) is 88.1 cm³/mol. The third-order valence-electron chi connectivity index (χ3n) is 2.80. The van der Waals surface area contributed by atoms with Crippen molar-refractivity contribution in [2.75, 3.05) is 7.05 Å². The lowest BCUT2D eigenvalue weighted by Gasteiger charge is -2.32. The third-order valence-corrected chi connectivity index (χ3v) is 2.80. The molecule has 0 bridgehead atoms. The second kappa shape index (κ2) is 7.79. The van der Waals surface area contributed by atoms with E-state index in [4.69, 9.17) is 9.47 Å². The third kappa shape index (κ3) is 8.57. The fourth-order valence-electron chi connectivity index (χ4n) is 2.11. The van der Waals surface area contributed by atoms with Gasteiger partial charge in [0.05, 0.1) is 6.04 Å². The van der Waals surface area contributed by atoms with Gasteiger partial charge in [-0.3, -0.25) is 9.59 Å². The van der Waals surface area contributed by atoms with Gasteiger partial charge in [0.2, 0.25) is 0 Å². The smallest absolute Gasteiger partial charge is 0.410 e. The van der Waals surface area contributed by atoms with E-state index in [0.29, 0.717) is 0 Å². The molecular formula is C17H31NO5. The van der Waals surface area contributed by atoms with Crippen LogP contribution in [0.3, 0.4) is 0 Å². The Kier molecular flexibility index (Phi) is 7.26. The number of carbonyl (C=O) groups is 3. The largest absolute Gasteiger partial charge is 0.460 e. The van der Waals surface area contributed by atoms with Crippen LogP contribution in [0.2, 0.25) is 0 Å². The Labute approximate surface area is 139 Å². The summed E-state index contributed by atoms with van der Waals surface area (Å²) in [5.41, 5.74) is -1.30. The molecule has 0 rings (SSSR count). The monoisotopic (exact) mass is 329 g/mol. The lowest BCUT2D eigenvalue weighted by molar-refractivity contribution is -0.157. The van der Waals surface area contributed by atoms with Gasteiger partial charge >= 0.3 is 12.1 Å². The van der Waals surface area contributed by atoms with Crippen LogP contribution in [0, 0.1) is 5.92 Å². The Morgan fingerprint density at radius 1 is 0.913 bits per heavy atom. The van der Waals surface area contributed by atoms with Crippen molar-refractivity contribution in [1.82, 2.24) is 4.90 Å². The zero-order valence-electron chi connectivity index (χ0n) is 15.9. The number of carbonyl (C=O) groups excluding carboxylic acids is 3. The van der Waals surface area contributed by atoms with Crippen molar-refractivity contribution in [2.24, 2.45) is 5.92 Å². The molecule has 23 heavy (non-hydrogen) atoms. The van der Waals surface area contributed by atoms with Gasteiger partial charge in [0, 0.05) is 7.05 Å². The van der Waals surface area contributed by atoms with Crippen molar-refractivity contribution in [3.05, 3.63) is 0 Å². The highest BCUT2D eigenvalue weighted by molar-refractivity contribution is 5.99. The molecule has 0 saturated carbocycles. The average Bonchev–Trinajstić information content (AvgIpc) is 2.22. The minimum Gasteiger partial charge on any atom is -0.460 e. The molecule has 0 N–H and O–H groups in total. The average molecular weight is 329 g/mol. The molecule has 134 valence electrons. The second-order valence-corrected chi connectivity index (χ2v) is 8.01. The summed E-state index contributed by atoms with van der Waals surface area (Å²) < 4.78 is 10.4. The SMILES string of the molecule is CC(C)[C@@H](C(=O)CC(=O)OC(C)(C)C)N(C)C(=O)OC(C)(C)C. The second-order valence-electron chi connectivity index (χ2n) is 8.01. The van der Waals surface area contributed by atoms with E-state index < -0.39 is 29.3 Å². The molecular weight excluding hydrogens is 298 g/mol. The van der Waals surface area contributed by atoms with Crippen LogP contribution >= 0.6 is 0 Å². The first-order valence-corrected chi connectivity index (χ1v) is 7.84. The van der Waals surface area contributed by atoms with E-state index in [0.717, 1.165) is 0 Å². The van der Waals surface area contributed by atoms with Gasteiger partial charge in [-0.1, -0.05) is 13.8 Å². The standard InChI is InChI=1S/C17H31NO5/c1-11(2)14(18(9)15(21)23-17(6,7)8)12(19)10-13(20)22-16(3,4)5/h11,14H,10H2,1-9H3/t14-/m0/s1. The summed E-state index contributed by atoms with van der Waals surface area (Å²) in [4.78, 5) is 37.7. The van der Waals surface area contributed by atoms with Crippen LogP contribution in [-0.4, -0.2) is 47.0 Å². The van der Waals surface area contributed by atoms with Gasteiger partial charge in [-0.05, 0) is 47.5 Å². The molecule has 0 aromatic rings. The molecule has 0 aliphatic carbocycles. The number of ether oxygens (including phenoxy) is 2. The Morgan fingerprint density at radius 2 is 1.35 bits per heavy atom. The van der Waals surface area contributed by atoms with Crippen molar-refractivity contribution in [1.29, 1.82) is 0 Å². The zero-order valence-corrected chi connectivity index (χ0v) is 15.9. The number of nitrogens with zero attached hydrogens (tertiary/aromatic N) is 1. The molecule has 0 aliphatic rings. The van der Waals surface area contributed by atoms with Crippen molar-refractivity contribution in [3.63, 3.8) is 0 Å². The van der Waals surface area contributed by atoms with Crippen molar-refractivity contribution in [2.45, 2.75) is 79.1 Å². The summed E-state index contributed by atoms with van der Waals surface area (Å²) in [6.07, 6.45) is -0.957. The van der Waals surface area contributed by atoms with Crippen LogP contribution in [0.4, 0.5) is 4.79 Å². The molecule has 6 nitrogen and oxygen atoms in total. The van der Waals surface area contributed by atoms with Gasteiger partial charge in [0.25, 0.3) is 0 Å². The van der Waals surface area contributed by atoms with E-state index in [9.17, 15) is 14.4 Å². The fourth-order valence-corrected chi connectivity index (χ4v) is 2.11. The minimum atomic E-state index is -0.739. The molecule has 0 unspecified atom stereocenters. The van der Waals surface area contributed by atoms with E-state index in [1.54, 1.807) is 41.5 Å². The van der Waals surface area contributed by atoms with Gasteiger partial charge in [0.1, 0.15) is 17.6 Å². The summed E-state index contributed by atoms with van der Waals surface area (Å²) in [6, 6.07) is -0.739. The molecule has 1 atom stereocenters. The molecule has 0 saturated heterocycles. The normalized spacial score (nSPS) is 13.5. The number of amides is 1. The van der Waals surface area contributed by atoms with Crippen LogP contribution in [-0.2, 0) is 19.1 Å². The number of hydrogen-bond donors (Lipinski definition) is 0. The van der Waals surface area contributed by atoms with E-state index in [1.165, 1.54) is 11.9 Å². The van der Waals surface area contributed by atoms with Crippen LogP contribution in [0.25, 0.3) is 0 Å². The number of ketones is 1. The van der Waals surface area contributed by atoms with Gasteiger partial charge in [-0.25, -0.2) is 4.79 Å². The van der Waals surface area contributed by atoms with Gasteiger partial charge in [0.15, 0.2) is 5.78 Å². The molecule has 0 aliphatic heterocycles. The Hall–Kier alpha value is -1.59. The molecule has 0 spiro atoms. The number of hydrogen-bond acceptors (Lipinski definition) is 5. The summed E-state index contributed by atoms with van der Waals surface area (Å²) in [6.45, 7) is 14.1. The van der Waals surface area contributed by atoms with Crippen LogP contribution in [0.5, 0.6) is 0 Å². The molecule has 0 aromatic carbocycles. The minimum absolute atomic E-state index is 0.151. The maximum Gasteiger partial charge on any atom is 0.410 e.